The average molecular weight is 394 g/mol. The van der Waals surface area contributed by atoms with Crippen molar-refractivity contribution >= 4 is 39.4 Å². The van der Waals surface area contributed by atoms with E-state index < -0.39 is 0 Å². The summed E-state index contributed by atoms with van der Waals surface area (Å²) < 4.78 is 0. The van der Waals surface area contributed by atoms with Gasteiger partial charge in [0.25, 0.3) is 5.91 Å². The van der Waals surface area contributed by atoms with Crippen LogP contribution in [0.4, 0.5) is 5.69 Å². The van der Waals surface area contributed by atoms with Gasteiger partial charge in [-0.05, 0) is 54.5 Å². The molecule has 28 heavy (non-hydrogen) atoms. The second-order valence-electron chi connectivity index (χ2n) is 7.34. The molecule has 0 saturated heterocycles. The van der Waals surface area contributed by atoms with Crippen molar-refractivity contribution in [3.8, 4) is 0 Å². The zero-order valence-electron chi connectivity index (χ0n) is 16.5. The van der Waals surface area contributed by atoms with Crippen molar-refractivity contribution in [2.75, 3.05) is 18.4 Å². The van der Waals surface area contributed by atoms with E-state index in [9.17, 15) is 4.79 Å². The topological polar surface area (TPSA) is 48.1 Å². The van der Waals surface area contributed by atoms with Gasteiger partial charge in [-0.15, -0.1) is 11.3 Å². The number of thiophene rings is 1. The number of hydrogen-bond acceptors (Lipinski definition) is 3. The lowest BCUT2D eigenvalue weighted by atomic mass is 9.97. The van der Waals surface area contributed by atoms with Crippen molar-refractivity contribution < 1.29 is 4.79 Å². The number of H-pyrrole nitrogens is 1. The molecule has 1 aliphatic rings. The van der Waals surface area contributed by atoms with Gasteiger partial charge in [-0.3, -0.25) is 9.69 Å². The number of aromatic amines is 1. The first-order chi connectivity index (χ1) is 13.7. The molecule has 146 valence electrons. The maximum absolute atomic E-state index is 12.4. The summed E-state index contributed by atoms with van der Waals surface area (Å²) in [6.45, 7) is 6.68. The van der Waals surface area contributed by atoms with E-state index in [1.165, 1.54) is 40.7 Å². The highest BCUT2D eigenvalue weighted by atomic mass is 32.1. The second kappa shape index (κ2) is 8.33. The molecule has 0 aliphatic carbocycles. The molecular weight excluding hydrogens is 366 g/mol. The summed E-state index contributed by atoms with van der Waals surface area (Å²) in [7, 11) is 0. The Balaban J connectivity index is 1.56. The zero-order chi connectivity index (χ0) is 19.5. The third-order valence-corrected chi connectivity index (χ3v) is 6.60. The van der Waals surface area contributed by atoms with E-state index in [1.807, 2.05) is 29.6 Å². The number of amides is 1. The van der Waals surface area contributed by atoms with Crippen LogP contribution in [0.1, 0.15) is 48.3 Å². The molecule has 5 heteroatoms. The maximum Gasteiger partial charge on any atom is 0.265 e. The van der Waals surface area contributed by atoms with E-state index >= 15 is 0 Å². The van der Waals surface area contributed by atoms with Crippen LogP contribution >= 0.6 is 11.3 Å². The Labute approximate surface area is 170 Å². The lowest BCUT2D eigenvalue weighted by Crippen LogP contribution is -2.37. The normalized spacial score (nSPS) is 15.2. The predicted molar refractivity (Wildman–Crippen MR) is 119 cm³/mol. The van der Waals surface area contributed by atoms with Crippen LogP contribution in [-0.2, 0) is 0 Å². The summed E-state index contributed by atoms with van der Waals surface area (Å²) in [6.07, 6.45) is 7.96. The highest BCUT2D eigenvalue weighted by Gasteiger charge is 2.20. The van der Waals surface area contributed by atoms with Crippen molar-refractivity contribution in [2.45, 2.75) is 39.2 Å². The third kappa shape index (κ3) is 3.77. The fourth-order valence-corrected chi connectivity index (χ4v) is 4.75. The van der Waals surface area contributed by atoms with Crippen molar-refractivity contribution in [2.24, 2.45) is 0 Å². The molecule has 0 bridgehead atoms. The molecule has 0 fully saturated rings. The van der Waals surface area contributed by atoms with Crippen LogP contribution in [0.15, 0.2) is 48.0 Å². The number of carbonyl (C=O) groups excluding carboxylic acids is 1. The average Bonchev–Trinajstić information content (AvgIpc) is 3.39. The van der Waals surface area contributed by atoms with E-state index in [4.69, 9.17) is 0 Å². The van der Waals surface area contributed by atoms with Crippen LogP contribution < -0.4 is 5.32 Å². The van der Waals surface area contributed by atoms with E-state index in [0.29, 0.717) is 6.04 Å². The van der Waals surface area contributed by atoms with E-state index in [1.54, 1.807) is 0 Å². The molecule has 2 aromatic heterocycles. The molecule has 0 saturated carbocycles. The van der Waals surface area contributed by atoms with Gasteiger partial charge in [0.2, 0.25) is 0 Å². The molecule has 3 aromatic rings. The van der Waals surface area contributed by atoms with Gasteiger partial charge in [-0.2, -0.15) is 0 Å². The van der Waals surface area contributed by atoms with Gasteiger partial charge in [0, 0.05) is 47.5 Å². The van der Waals surface area contributed by atoms with Crippen molar-refractivity contribution in [3.05, 3.63) is 58.4 Å². The Kier molecular flexibility index (Phi) is 5.64. The van der Waals surface area contributed by atoms with E-state index in [0.717, 1.165) is 35.6 Å². The molecule has 1 aliphatic heterocycles. The van der Waals surface area contributed by atoms with Gasteiger partial charge >= 0.3 is 0 Å². The SMILES string of the molecule is CCC(CC)N1CC=C(c2c[nH]c3ccc(NC(=O)c4cccs4)cc23)CC1. The number of aromatic nitrogens is 1. The first-order valence-electron chi connectivity index (χ1n) is 10.1. The van der Waals surface area contributed by atoms with E-state index in [2.05, 4.69) is 47.4 Å². The molecule has 0 spiro atoms. The smallest absolute Gasteiger partial charge is 0.265 e. The summed E-state index contributed by atoms with van der Waals surface area (Å²) >= 11 is 1.46. The van der Waals surface area contributed by atoms with Crippen LogP contribution in [-0.4, -0.2) is 34.9 Å². The molecule has 4 rings (SSSR count). The van der Waals surface area contributed by atoms with Gasteiger partial charge in [-0.25, -0.2) is 0 Å². The van der Waals surface area contributed by atoms with Crippen LogP contribution in [0, 0.1) is 0 Å². The third-order valence-electron chi connectivity index (χ3n) is 5.73. The quantitative estimate of drug-likeness (QED) is 0.559. The first kappa shape index (κ1) is 19.0. The summed E-state index contributed by atoms with van der Waals surface area (Å²) in [5, 5.41) is 6.12. The van der Waals surface area contributed by atoms with Crippen molar-refractivity contribution in [3.63, 3.8) is 0 Å². The minimum Gasteiger partial charge on any atom is -0.361 e. The number of fused-ring (bicyclic) bond motifs is 1. The molecule has 1 amide bonds. The van der Waals surface area contributed by atoms with Crippen LogP contribution in [0.25, 0.3) is 16.5 Å². The summed E-state index contributed by atoms with van der Waals surface area (Å²) in [4.78, 5) is 19.1. The molecule has 0 radical (unpaired) electrons. The number of rotatable bonds is 6. The van der Waals surface area contributed by atoms with Crippen LogP contribution in [0.2, 0.25) is 0 Å². The molecule has 3 heterocycles. The fraction of sp³-hybridized carbons (Fsp3) is 0.348. The number of carbonyl (C=O) groups is 1. The Morgan fingerprint density at radius 3 is 2.82 bits per heavy atom. The largest absolute Gasteiger partial charge is 0.361 e. The summed E-state index contributed by atoms with van der Waals surface area (Å²) in [5.74, 6) is -0.0517. The highest BCUT2D eigenvalue weighted by molar-refractivity contribution is 7.12. The monoisotopic (exact) mass is 393 g/mol. The minimum absolute atomic E-state index is 0.0517. The maximum atomic E-state index is 12.4. The predicted octanol–water partition coefficient (Wildman–Crippen LogP) is 5.76. The fourth-order valence-electron chi connectivity index (χ4n) is 4.13. The molecule has 0 atom stereocenters. The Bertz CT molecular complexity index is 983. The Hall–Kier alpha value is -2.37. The van der Waals surface area contributed by atoms with E-state index in [-0.39, 0.29) is 5.91 Å². The molecular formula is C23H27N3OS. The summed E-state index contributed by atoms with van der Waals surface area (Å²) in [5.41, 5.74) is 4.59. The molecule has 0 unspecified atom stereocenters. The standard InChI is InChI=1S/C23H27N3OS/c1-3-18(4-2)26-11-9-16(10-12-26)20-15-24-21-8-7-17(14-19(20)21)25-23(27)22-6-5-13-28-22/h5-9,13-15,18,24H,3-4,10-12H2,1-2H3,(H,25,27). The Morgan fingerprint density at radius 2 is 2.14 bits per heavy atom. The number of nitrogens with one attached hydrogen (secondary N) is 2. The lowest BCUT2D eigenvalue weighted by Gasteiger charge is -2.33. The van der Waals surface area contributed by atoms with Crippen LogP contribution in [0.3, 0.4) is 0 Å². The molecule has 1 aromatic carbocycles. The van der Waals surface area contributed by atoms with Gasteiger partial charge < -0.3 is 10.3 Å². The molecule has 2 N–H and O–H groups in total. The van der Waals surface area contributed by atoms with Crippen molar-refractivity contribution in [1.82, 2.24) is 9.88 Å². The number of hydrogen-bond donors (Lipinski definition) is 2. The zero-order valence-corrected chi connectivity index (χ0v) is 17.3. The summed E-state index contributed by atoms with van der Waals surface area (Å²) in [6, 6.07) is 10.5. The molecule has 4 nitrogen and oxygen atoms in total. The lowest BCUT2D eigenvalue weighted by molar-refractivity contribution is 0.103. The first-order valence-corrected chi connectivity index (χ1v) is 11.0. The van der Waals surface area contributed by atoms with Crippen LogP contribution in [0.5, 0.6) is 0 Å². The highest BCUT2D eigenvalue weighted by Crippen LogP contribution is 2.32. The minimum atomic E-state index is -0.0517. The van der Waals surface area contributed by atoms with Gasteiger partial charge in [0.05, 0.1) is 4.88 Å². The second-order valence-corrected chi connectivity index (χ2v) is 8.29. The Morgan fingerprint density at radius 1 is 1.29 bits per heavy atom. The van der Waals surface area contributed by atoms with Crippen molar-refractivity contribution in [1.29, 1.82) is 0 Å². The van der Waals surface area contributed by atoms with Gasteiger partial charge in [0.15, 0.2) is 0 Å². The number of benzene rings is 1. The van der Waals surface area contributed by atoms with Gasteiger partial charge in [-0.1, -0.05) is 26.0 Å². The number of nitrogens with zero attached hydrogens (tertiary/aromatic N) is 1. The number of anilines is 1. The van der Waals surface area contributed by atoms with Gasteiger partial charge in [0.1, 0.15) is 0 Å².